The predicted octanol–water partition coefficient (Wildman–Crippen LogP) is -1.07. The molecular weight excluding hydrogens is 184 g/mol. The van der Waals surface area contributed by atoms with E-state index >= 15 is 0 Å². The highest BCUT2D eigenvalue weighted by atomic mass is 16.7. The molecule has 6 heteroatoms. The number of rotatable bonds is 2. The van der Waals surface area contributed by atoms with Crippen LogP contribution in [0.3, 0.4) is 0 Å². The lowest BCUT2D eigenvalue weighted by molar-refractivity contribution is -0.450. The van der Waals surface area contributed by atoms with Crippen molar-refractivity contribution in [2.75, 3.05) is 47.6 Å². The maximum atomic E-state index is 5.54. The van der Waals surface area contributed by atoms with E-state index in [1.54, 1.807) is 14.2 Å². The van der Waals surface area contributed by atoms with Gasteiger partial charge in [0.25, 0.3) is 0 Å². The van der Waals surface area contributed by atoms with Crippen molar-refractivity contribution in [1.29, 1.82) is 0 Å². The molecule has 0 N–H and O–H groups in total. The van der Waals surface area contributed by atoms with E-state index in [0.29, 0.717) is 0 Å². The molecule has 0 aromatic rings. The smallest absolute Gasteiger partial charge is 0.300 e. The van der Waals surface area contributed by atoms with Gasteiger partial charge in [-0.05, 0) is 0 Å². The van der Waals surface area contributed by atoms with Gasteiger partial charge in [0.15, 0.2) is 0 Å². The molecular formula is C8H16N4O2. The molecule has 0 spiro atoms. The van der Waals surface area contributed by atoms with Crippen molar-refractivity contribution in [3.8, 4) is 0 Å². The molecule has 0 unspecified atom stereocenters. The lowest BCUT2D eigenvalue weighted by Crippen LogP contribution is -2.82. The first-order chi connectivity index (χ1) is 6.78. The standard InChI is InChI=1S/C8H16N4O2/c1-13-8(14-2)11-4-9-3-10(6-11)7-12(8)5-9/h3-7H2,1-2H3. The first kappa shape index (κ1) is 9.02. The van der Waals surface area contributed by atoms with Crippen LogP contribution in [0.25, 0.3) is 0 Å². The molecule has 4 bridgehead atoms. The van der Waals surface area contributed by atoms with Gasteiger partial charge in [0.2, 0.25) is 0 Å². The molecule has 0 aromatic heterocycles. The van der Waals surface area contributed by atoms with E-state index in [1.807, 2.05) is 0 Å². The summed E-state index contributed by atoms with van der Waals surface area (Å²) < 4.78 is 11.1. The predicted molar refractivity (Wildman–Crippen MR) is 48.4 cm³/mol. The Labute approximate surface area is 83.5 Å². The summed E-state index contributed by atoms with van der Waals surface area (Å²) in [5, 5.41) is 0. The Bertz CT molecular complexity index is 213. The summed E-state index contributed by atoms with van der Waals surface area (Å²) in [6.07, 6.45) is 0. The summed E-state index contributed by atoms with van der Waals surface area (Å²) in [7, 11) is 3.41. The third kappa shape index (κ3) is 0.955. The van der Waals surface area contributed by atoms with Crippen LogP contribution < -0.4 is 0 Å². The maximum Gasteiger partial charge on any atom is 0.300 e. The average molecular weight is 200 g/mol. The van der Waals surface area contributed by atoms with Gasteiger partial charge in [0.05, 0.1) is 33.3 Å². The Kier molecular flexibility index (Phi) is 1.85. The van der Waals surface area contributed by atoms with Crippen molar-refractivity contribution < 1.29 is 9.47 Å². The van der Waals surface area contributed by atoms with Crippen LogP contribution in [0.2, 0.25) is 0 Å². The maximum absolute atomic E-state index is 5.54. The molecule has 0 atom stereocenters. The van der Waals surface area contributed by atoms with E-state index in [4.69, 9.17) is 9.47 Å². The Hall–Kier alpha value is -0.240. The lowest BCUT2D eigenvalue weighted by atomic mass is 10.3. The fourth-order valence-corrected chi connectivity index (χ4v) is 2.76. The Morgan fingerprint density at radius 1 is 0.786 bits per heavy atom. The Morgan fingerprint density at radius 2 is 1.21 bits per heavy atom. The quantitative estimate of drug-likeness (QED) is 0.527. The highest BCUT2D eigenvalue weighted by molar-refractivity contribution is 4.88. The van der Waals surface area contributed by atoms with Crippen LogP contribution in [0.5, 0.6) is 0 Å². The van der Waals surface area contributed by atoms with Crippen molar-refractivity contribution in [1.82, 2.24) is 19.6 Å². The minimum atomic E-state index is -0.632. The van der Waals surface area contributed by atoms with Gasteiger partial charge in [-0.3, -0.25) is 9.80 Å². The van der Waals surface area contributed by atoms with Crippen molar-refractivity contribution in [2.45, 2.75) is 6.03 Å². The summed E-state index contributed by atoms with van der Waals surface area (Å²) in [6.45, 7) is 4.77. The van der Waals surface area contributed by atoms with Crippen LogP contribution in [0.15, 0.2) is 0 Å². The minimum absolute atomic E-state index is 0.632. The van der Waals surface area contributed by atoms with Crippen LogP contribution >= 0.6 is 0 Å². The molecule has 0 aromatic carbocycles. The Balaban J connectivity index is 1.93. The highest BCUT2D eigenvalue weighted by Crippen LogP contribution is 2.34. The molecule has 0 amide bonds. The van der Waals surface area contributed by atoms with Gasteiger partial charge in [0.1, 0.15) is 0 Å². The number of methoxy groups -OCH3 is 2. The van der Waals surface area contributed by atoms with Gasteiger partial charge in [-0.25, -0.2) is 9.80 Å². The summed E-state index contributed by atoms with van der Waals surface area (Å²) in [5.41, 5.74) is 0. The molecule has 4 fully saturated rings. The van der Waals surface area contributed by atoms with Crippen LogP contribution in [0.1, 0.15) is 0 Å². The van der Waals surface area contributed by atoms with E-state index in [-0.39, 0.29) is 0 Å². The van der Waals surface area contributed by atoms with Gasteiger partial charge in [-0.2, -0.15) is 0 Å². The zero-order valence-corrected chi connectivity index (χ0v) is 8.64. The second kappa shape index (κ2) is 2.88. The Morgan fingerprint density at radius 3 is 1.57 bits per heavy atom. The molecule has 0 saturated carbocycles. The summed E-state index contributed by atoms with van der Waals surface area (Å²) in [5.74, 6) is 0. The normalized spacial score (nSPS) is 48.4. The molecule has 14 heavy (non-hydrogen) atoms. The number of nitrogens with zero attached hydrogens (tertiary/aromatic N) is 4. The van der Waals surface area contributed by atoms with Crippen molar-refractivity contribution in [3.05, 3.63) is 0 Å². The van der Waals surface area contributed by atoms with Crippen molar-refractivity contribution >= 4 is 0 Å². The molecule has 4 saturated heterocycles. The number of hydrogen-bond donors (Lipinski definition) is 0. The molecule has 4 aliphatic heterocycles. The van der Waals surface area contributed by atoms with Gasteiger partial charge < -0.3 is 9.47 Å². The van der Waals surface area contributed by atoms with E-state index in [9.17, 15) is 0 Å². The molecule has 4 heterocycles. The molecule has 4 aliphatic rings. The fraction of sp³-hybridized carbons (Fsp3) is 1.00. The van der Waals surface area contributed by atoms with Crippen LogP contribution in [-0.4, -0.2) is 73.2 Å². The van der Waals surface area contributed by atoms with Crippen LogP contribution in [-0.2, 0) is 9.47 Å². The average Bonchev–Trinajstić information content (AvgIpc) is 2.18. The zero-order valence-electron chi connectivity index (χ0n) is 8.64. The van der Waals surface area contributed by atoms with Gasteiger partial charge in [-0.1, -0.05) is 0 Å². The molecule has 80 valence electrons. The third-order valence-electron chi connectivity index (χ3n) is 3.21. The minimum Gasteiger partial charge on any atom is -0.328 e. The van der Waals surface area contributed by atoms with Crippen molar-refractivity contribution in [2.24, 2.45) is 0 Å². The van der Waals surface area contributed by atoms with Crippen LogP contribution in [0, 0.1) is 0 Å². The van der Waals surface area contributed by atoms with Gasteiger partial charge in [-0.15, -0.1) is 0 Å². The third-order valence-corrected chi connectivity index (χ3v) is 3.21. The first-order valence-corrected chi connectivity index (χ1v) is 4.83. The lowest BCUT2D eigenvalue weighted by Gasteiger charge is -2.63. The second-order valence-corrected chi connectivity index (χ2v) is 4.09. The SMILES string of the molecule is COC1(OC)N2CN3CN(C2)CN1C3. The van der Waals surface area contributed by atoms with E-state index in [0.717, 1.165) is 33.3 Å². The molecule has 6 nitrogen and oxygen atoms in total. The number of ether oxygens (including phenoxy) is 2. The van der Waals surface area contributed by atoms with Crippen molar-refractivity contribution in [3.63, 3.8) is 0 Å². The largest absolute Gasteiger partial charge is 0.328 e. The summed E-state index contributed by atoms with van der Waals surface area (Å²) >= 11 is 0. The van der Waals surface area contributed by atoms with E-state index in [2.05, 4.69) is 19.6 Å². The monoisotopic (exact) mass is 200 g/mol. The van der Waals surface area contributed by atoms with E-state index < -0.39 is 6.03 Å². The molecule has 0 aliphatic carbocycles. The topological polar surface area (TPSA) is 31.4 Å². The summed E-state index contributed by atoms with van der Waals surface area (Å²) in [4.78, 5) is 9.12. The van der Waals surface area contributed by atoms with Crippen LogP contribution in [0.4, 0.5) is 0 Å². The first-order valence-electron chi connectivity index (χ1n) is 4.83. The molecule has 0 radical (unpaired) electrons. The number of hydrogen-bond acceptors (Lipinski definition) is 6. The zero-order chi connectivity index (χ0) is 9.76. The highest BCUT2D eigenvalue weighted by Gasteiger charge is 2.55. The van der Waals surface area contributed by atoms with E-state index in [1.165, 1.54) is 0 Å². The van der Waals surface area contributed by atoms with Gasteiger partial charge >= 0.3 is 6.03 Å². The fourth-order valence-electron chi connectivity index (χ4n) is 2.76. The summed E-state index contributed by atoms with van der Waals surface area (Å²) in [6, 6.07) is -0.632. The molecule has 4 rings (SSSR count). The second-order valence-electron chi connectivity index (χ2n) is 4.09. The van der Waals surface area contributed by atoms with Gasteiger partial charge in [0, 0.05) is 14.2 Å².